The predicted octanol–water partition coefficient (Wildman–Crippen LogP) is 3.00. The van der Waals surface area contributed by atoms with E-state index in [-0.39, 0.29) is 17.0 Å². The first kappa shape index (κ1) is 16.2. The molecule has 1 aromatic carbocycles. The Morgan fingerprint density at radius 1 is 1.38 bits per heavy atom. The van der Waals surface area contributed by atoms with Crippen LogP contribution >= 0.6 is 27.3 Å². The summed E-state index contributed by atoms with van der Waals surface area (Å²) in [5, 5.41) is 10.8. The number of aryl methyl sites for hydroxylation is 1. The van der Waals surface area contributed by atoms with Gasteiger partial charge in [-0.25, -0.2) is 17.9 Å². The maximum Gasteiger partial charge on any atom is 0.335 e. The first-order valence-corrected chi connectivity index (χ1v) is 9.02. The predicted molar refractivity (Wildman–Crippen MR) is 84.2 cm³/mol. The van der Waals surface area contributed by atoms with Gasteiger partial charge in [-0.05, 0) is 52.0 Å². The summed E-state index contributed by atoms with van der Waals surface area (Å²) in [5.41, 5.74) is 0.441. The van der Waals surface area contributed by atoms with Gasteiger partial charge in [-0.2, -0.15) is 0 Å². The second-order valence-corrected chi connectivity index (χ2v) is 7.89. The van der Waals surface area contributed by atoms with Crippen LogP contribution in [0.15, 0.2) is 39.0 Å². The highest BCUT2D eigenvalue weighted by atomic mass is 79.9. The molecule has 112 valence electrons. The van der Waals surface area contributed by atoms with E-state index in [9.17, 15) is 13.2 Å². The molecule has 0 aliphatic carbocycles. The molecule has 8 heteroatoms. The van der Waals surface area contributed by atoms with Crippen LogP contribution in [0.25, 0.3) is 0 Å². The zero-order valence-corrected chi connectivity index (χ0v) is 14.2. The van der Waals surface area contributed by atoms with E-state index in [1.807, 2.05) is 11.4 Å². The summed E-state index contributed by atoms with van der Waals surface area (Å²) in [4.78, 5) is 11.8. The minimum absolute atomic E-state index is 0.0184. The second kappa shape index (κ2) is 6.27. The van der Waals surface area contributed by atoms with E-state index in [4.69, 9.17) is 5.11 Å². The lowest BCUT2D eigenvalue weighted by Gasteiger charge is -2.09. The SMILES string of the molecule is Cc1ccc(C(=O)O)cc1S(=O)(=O)NCc1sccc1Br. The molecule has 0 spiro atoms. The van der Waals surface area contributed by atoms with Crippen molar-refractivity contribution in [2.24, 2.45) is 0 Å². The largest absolute Gasteiger partial charge is 0.478 e. The lowest BCUT2D eigenvalue weighted by atomic mass is 10.1. The molecule has 2 rings (SSSR count). The molecule has 21 heavy (non-hydrogen) atoms. The van der Waals surface area contributed by atoms with Gasteiger partial charge in [0.15, 0.2) is 0 Å². The summed E-state index contributed by atoms with van der Waals surface area (Å²) in [6, 6.07) is 5.87. The Morgan fingerprint density at radius 3 is 2.67 bits per heavy atom. The van der Waals surface area contributed by atoms with E-state index in [2.05, 4.69) is 20.7 Å². The number of rotatable bonds is 5. The number of hydrogen-bond acceptors (Lipinski definition) is 4. The Hall–Kier alpha value is -1.22. The monoisotopic (exact) mass is 389 g/mol. The standard InChI is InChI=1S/C13H12BrNO4S2/c1-8-2-3-9(13(16)17)6-12(8)21(18,19)15-7-11-10(14)4-5-20-11/h2-6,15H,7H2,1H3,(H,16,17). The van der Waals surface area contributed by atoms with E-state index < -0.39 is 16.0 Å². The van der Waals surface area contributed by atoms with Crippen molar-refractivity contribution in [1.82, 2.24) is 4.72 Å². The molecular weight excluding hydrogens is 378 g/mol. The van der Waals surface area contributed by atoms with Crippen LogP contribution in [0.1, 0.15) is 20.8 Å². The minimum atomic E-state index is -3.77. The zero-order chi connectivity index (χ0) is 15.6. The molecule has 0 fully saturated rings. The van der Waals surface area contributed by atoms with E-state index in [0.717, 1.165) is 9.35 Å². The normalized spacial score (nSPS) is 11.5. The number of benzene rings is 1. The van der Waals surface area contributed by atoms with Gasteiger partial charge in [0.1, 0.15) is 0 Å². The number of thiophene rings is 1. The average Bonchev–Trinajstić information content (AvgIpc) is 2.82. The van der Waals surface area contributed by atoms with Gasteiger partial charge in [-0.1, -0.05) is 6.07 Å². The highest BCUT2D eigenvalue weighted by Gasteiger charge is 2.19. The molecular formula is C13H12BrNO4S2. The average molecular weight is 390 g/mol. The van der Waals surface area contributed by atoms with Crippen molar-refractivity contribution in [3.8, 4) is 0 Å². The molecule has 1 aromatic heterocycles. The van der Waals surface area contributed by atoms with Gasteiger partial charge in [0, 0.05) is 15.9 Å². The van der Waals surface area contributed by atoms with Crippen molar-refractivity contribution < 1.29 is 18.3 Å². The highest BCUT2D eigenvalue weighted by molar-refractivity contribution is 9.10. The number of sulfonamides is 1. The first-order valence-electron chi connectivity index (χ1n) is 5.87. The number of carboxylic acids is 1. The van der Waals surface area contributed by atoms with Gasteiger partial charge in [-0.3, -0.25) is 0 Å². The Bertz CT molecular complexity index is 783. The third-order valence-corrected chi connectivity index (χ3v) is 6.31. The molecule has 0 radical (unpaired) electrons. The molecule has 0 atom stereocenters. The van der Waals surface area contributed by atoms with Crippen LogP contribution in [0.5, 0.6) is 0 Å². The molecule has 2 aromatic rings. The molecule has 2 N–H and O–H groups in total. The Balaban J connectivity index is 2.29. The van der Waals surface area contributed by atoms with Gasteiger partial charge in [0.05, 0.1) is 10.5 Å². The van der Waals surface area contributed by atoms with Gasteiger partial charge < -0.3 is 5.11 Å². The van der Waals surface area contributed by atoms with Crippen molar-refractivity contribution in [3.05, 3.63) is 50.1 Å². The fraction of sp³-hybridized carbons (Fsp3) is 0.154. The highest BCUT2D eigenvalue weighted by Crippen LogP contribution is 2.23. The lowest BCUT2D eigenvalue weighted by molar-refractivity contribution is 0.0696. The molecule has 0 amide bonds. The second-order valence-electron chi connectivity index (χ2n) is 4.30. The molecule has 0 aliphatic heterocycles. The number of hydrogen-bond donors (Lipinski definition) is 2. The minimum Gasteiger partial charge on any atom is -0.478 e. The molecule has 0 aliphatic rings. The Morgan fingerprint density at radius 2 is 2.10 bits per heavy atom. The smallest absolute Gasteiger partial charge is 0.335 e. The fourth-order valence-electron chi connectivity index (χ4n) is 1.71. The summed E-state index contributed by atoms with van der Waals surface area (Å²) in [7, 11) is -3.77. The van der Waals surface area contributed by atoms with Crippen LogP contribution in [-0.2, 0) is 16.6 Å². The maximum absolute atomic E-state index is 12.3. The van der Waals surface area contributed by atoms with Crippen LogP contribution in [0.2, 0.25) is 0 Å². The van der Waals surface area contributed by atoms with Gasteiger partial charge in [0.2, 0.25) is 10.0 Å². The van der Waals surface area contributed by atoms with Crippen LogP contribution < -0.4 is 4.72 Å². The number of nitrogens with one attached hydrogen (secondary N) is 1. The molecule has 0 saturated carbocycles. The summed E-state index contributed by atoms with van der Waals surface area (Å²) in [6.07, 6.45) is 0. The molecule has 1 heterocycles. The van der Waals surface area contributed by atoms with Crippen LogP contribution in [-0.4, -0.2) is 19.5 Å². The molecule has 5 nitrogen and oxygen atoms in total. The van der Waals surface area contributed by atoms with Crippen molar-refractivity contribution >= 4 is 43.3 Å². The Labute approximate surface area is 134 Å². The third-order valence-electron chi connectivity index (χ3n) is 2.84. The van der Waals surface area contributed by atoms with Crippen molar-refractivity contribution in [3.63, 3.8) is 0 Å². The zero-order valence-electron chi connectivity index (χ0n) is 11.0. The van der Waals surface area contributed by atoms with Crippen LogP contribution in [0.3, 0.4) is 0 Å². The summed E-state index contributed by atoms with van der Waals surface area (Å²) < 4.78 is 28.0. The maximum atomic E-state index is 12.3. The third kappa shape index (κ3) is 3.70. The van der Waals surface area contributed by atoms with Crippen LogP contribution in [0, 0.1) is 6.92 Å². The topological polar surface area (TPSA) is 83.5 Å². The van der Waals surface area contributed by atoms with E-state index in [1.54, 1.807) is 6.92 Å². The summed E-state index contributed by atoms with van der Waals surface area (Å²) in [6.45, 7) is 1.78. The van der Waals surface area contributed by atoms with Crippen molar-refractivity contribution in [1.29, 1.82) is 0 Å². The number of halogens is 1. The van der Waals surface area contributed by atoms with Gasteiger partial charge in [-0.15, -0.1) is 11.3 Å². The van der Waals surface area contributed by atoms with Crippen molar-refractivity contribution in [2.75, 3.05) is 0 Å². The van der Waals surface area contributed by atoms with Crippen LogP contribution in [0.4, 0.5) is 0 Å². The quantitative estimate of drug-likeness (QED) is 0.822. The molecule has 0 bridgehead atoms. The van der Waals surface area contributed by atoms with E-state index in [1.165, 1.54) is 29.5 Å². The Kier molecular flexibility index (Phi) is 4.82. The van der Waals surface area contributed by atoms with Gasteiger partial charge >= 0.3 is 5.97 Å². The van der Waals surface area contributed by atoms with Crippen molar-refractivity contribution in [2.45, 2.75) is 18.4 Å². The number of aromatic carboxylic acids is 1. The molecule has 0 unspecified atom stereocenters. The number of carboxylic acid groups (broad SMARTS) is 1. The fourth-order valence-corrected chi connectivity index (χ4v) is 4.50. The van der Waals surface area contributed by atoms with Gasteiger partial charge in [0.25, 0.3) is 0 Å². The van der Waals surface area contributed by atoms with E-state index in [0.29, 0.717) is 5.56 Å². The number of carbonyl (C=O) groups is 1. The lowest BCUT2D eigenvalue weighted by Crippen LogP contribution is -2.24. The summed E-state index contributed by atoms with van der Waals surface area (Å²) in [5.74, 6) is -1.16. The first-order chi connectivity index (χ1) is 9.81. The van der Waals surface area contributed by atoms with E-state index >= 15 is 0 Å². The molecule has 0 saturated heterocycles. The summed E-state index contributed by atoms with van der Waals surface area (Å²) >= 11 is 4.76.